The quantitative estimate of drug-likeness (QED) is 0.800. The molecule has 0 radical (unpaired) electrons. The topological polar surface area (TPSA) is 42.2 Å². The minimum Gasteiger partial charge on any atom is -0.369 e. The molecule has 1 aliphatic rings. The lowest BCUT2D eigenvalue weighted by Crippen LogP contribution is -2.48. The van der Waals surface area contributed by atoms with Crippen LogP contribution in [0.3, 0.4) is 0 Å². The lowest BCUT2D eigenvalue weighted by molar-refractivity contribution is 0.373. The summed E-state index contributed by atoms with van der Waals surface area (Å²) < 4.78 is 0. The van der Waals surface area contributed by atoms with Gasteiger partial charge in [0.25, 0.3) is 0 Å². The molecule has 82 valence electrons. The number of nitrogens with zero attached hydrogens (tertiary/aromatic N) is 2. The summed E-state index contributed by atoms with van der Waals surface area (Å²) in [6, 6.07) is 4.85. The number of likely N-dealkylation sites (N-methyl/N-ethyl adjacent to an activating group) is 1. The normalized spacial score (nSPS) is 26.3. The van der Waals surface area contributed by atoms with Crippen LogP contribution in [0.4, 0.5) is 5.69 Å². The van der Waals surface area contributed by atoms with Gasteiger partial charge in [-0.2, -0.15) is 0 Å². The Bertz CT molecular complexity index is 299. The third-order valence-corrected chi connectivity index (χ3v) is 3.33. The highest BCUT2D eigenvalue weighted by atomic mass is 15.2. The average molecular weight is 205 g/mol. The van der Waals surface area contributed by atoms with Gasteiger partial charge in [0, 0.05) is 25.3 Å². The highest BCUT2D eigenvalue weighted by Gasteiger charge is 2.25. The van der Waals surface area contributed by atoms with Crippen LogP contribution in [0.25, 0.3) is 0 Å². The molecule has 15 heavy (non-hydrogen) atoms. The zero-order valence-electron chi connectivity index (χ0n) is 9.26. The van der Waals surface area contributed by atoms with Crippen LogP contribution in [-0.4, -0.2) is 24.1 Å². The van der Waals surface area contributed by atoms with E-state index in [1.807, 2.05) is 12.3 Å². The molecule has 1 fully saturated rings. The van der Waals surface area contributed by atoms with Crippen molar-refractivity contribution in [3.8, 4) is 0 Å². The molecular formula is C12H19N3. The van der Waals surface area contributed by atoms with Crippen LogP contribution in [0, 0.1) is 0 Å². The van der Waals surface area contributed by atoms with Gasteiger partial charge in [-0.3, -0.25) is 4.98 Å². The van der Waals surface area contributed by atoms with Crippen LogP contribution >= 0.6 is 0 Å². The molecule has 3 nitrogen and oxygen atoms in total. The third kappa shape index (κ3) is 2.29. The lowest BCUT2D eigenvalue weighted by atomic mass is 9.90. The van der Waals surface area contributed by atoms with E-state index >= 15 is 0 Å². The summed E-state index contributed by atoms with van der Waals surface area (Å²) in [7, 11) is 2.12. The molecule has 0 spiro atoms. The first-order valence-electron chi connectivity index (χ1n) is 5.67. The van der Waals surface area contributed by atoms with E-state index in [0.717, 1.165) is 6.42 Å². The molecule has 1 heterocycles. The molecule has 2 unspecified atom stereocenters. The van der Waals surface area contributed by atoms with Crippen LogP contribution < -0.4 is 10.6 Å². The molecule has 0 bridgehead atoms. The van der Waals surface area contributed by atoms with E-state index in [4.69, 9.17) is 5.73 Å². The molecule has 1 aromatic heterocycles. The number of anilines is 1. The Balaban J connectivity index is 2.09. The fraction of sp³-hybridized carbons (Fsp3) is 0.583. The Morgan fingerprint density at radius 2 is 2.20 bits per heavy atom. The minimum atomic E-state index is 0.309. The first kappa shape index (κ1) is 10.4. The van der Waals surface area contributed by atoms with Crippen molar-refractivity contribution in [3.63, 3.8) is 0 Å². The second-order valence-corrected chi connectivity index (χ2v) is 4.34. The molecule has 2 atom stereocenters. The van der Waals surface area contributed by atoms with Gasteiger partial charge in [0.2, 0.25) is 0 Å². The van der Waals surface area contributed by atoms with E-state index in [-0.39, 0.29) is 0 Å². The maximum Gasteiger partial charge on any atom is 0.0553 e. The molecule has 1 saturated carbocycles. The van der Waals surface area contributed by atoms with Gasteiger partial charge >= 0.3 is 0 Å². The van der Waals surface area contributed by atoms with Crippen molar-refractivity contribution in [2.75, 3.05) is 11.9 Å². The van der Waals surface area contributed by atoms with Gasteiger partial charge in [-0.25, -0.2) is 0 Å². The minimum absolute atomic E-state index is 0.309. The lowest BCUT2D eigenvalue weighted by Gasteiger charge is -2.37. The maximum atomic E-state index is 6.16. The molecular weight excluding hydrogens is 186 g/mol. The first-order valence-corrected chi connectivity index (χ1v) is 5.67. The van der Waals surface area contributed by atoms with Gasteiger partial charge in [-0.15, -0.1) is 0 Å². The highest BCUT2D eigenvalue weighted by molar-refractivity contribution is 5.44. The predicted molar refractivity (Wildman–Crippen MR) is 62.9 cm³/mol. The van der Waals surface area contributed by atoms with Crippen LogP contribution in [0.1, 0.15) is 25.7 Å². The number of aromatic nitrogens is 1. The molecule has 0 aliphatic heterocycles. The molecule has 0 aromatic carbocycles. The van der Waals surface area contributed by atoms with E-state index in [0.29, 0.717) is 12.1 Å². The van der Waals surface area contributed by atoms with Gasteiger partial charge in [0.05, 0.1) is 11.9 Å². The van der Waals surface area contributed by atoms with E-state index < -0.39 is 0 Å². The summed E-state index contributed by atoms with van der Waals surface area (Å²) in [5, 5.41) is 0. The average Bonchev–Trinajstić information content (AvgIpc) is 2.30. The largest absolute Gasteiger partial charge is 0.369 e. The molecule has 1 aromatic rings. The summed E-state index contributed by atoms with van der Waals surface area (Å²) in [4.78, 5) is 6.42. The maximum absolute atomic E-state index is 6.16. The number of hydrogen-bond donors (Lipinski definition) is 1. The Morgan fingerprint density at radius 1 is 1.40 bits per heavy atom. The summed E-state index contributed by atoms with van der Waals surface area (Å²) in [6.07, 6.45) is 8.63. The van der Waals surface area contributed by atoms with Crippen molar-refractivity contribution in [1.82, 2.24) is 4.98 Å². The second kappa shape index (κ2) is 4.62. The first-order chi connectivity index (χ1) is 7.29. The number of pyridine rings is 1. The van der Waals surface area contributed by atoms with Gasteiger partial charge in [-0.1, -0.05) is 12.8 Å². The van der Waals surface area contributed by atoms with Crippen molar-refractivity contribution in [2.24, 2.45) is 5.73 Å². The van der Waals surface area contributed by atoms with E-state index in [2.05, 4.69) is 23.0 Å². The van der Waals surface area contributed by atoms with Gasteiger partial charge in [0.15, 0.2) is 0 Å². The van der Waals surface area contributed by atoms with Gasteiger partial charge < -0.3 is 10.6 Å². The van der Waals surface area contributed by atoms with E-state index in [9.17, 15) is 0 Å². The summed E-state index contributed by atoms with van der Waals surface area (Å²) in [5.74, 6) is 0. The molecule has 0 amide bonds. The fourth-order valence-electron chi connectivity index (χ4n) is 2.37. The van der Waals surface area contributed by atoms with Crippen LogP contribution in [0.5, 0.6) is 0 Å². The summed E-state index contributed by atoms with van der Waals surface area (Å²) in [6.45, 7) is 0. The molecule has 1 aliphatic carbocycles. The highest BCUT2D eigenvalue weighted by Crippen LogP contribution is 2.24. The van der Waals surface area contributed by atoms with Crippen molar-refractivity contribution >= 4 is 5.69 Å². The monoisotopic (exact) mass is 205 g/mol. The Labute approximate surface area is 91.3 Å². The van der Waals surface area contributed by atoms with Crippen LogP contribution in [-0.2, 0) is 0 Å². The molecule has 3 heteroatoms. The number of hydrogen-bond acceptors (Lipinski definition) is 3. The SMILES string of the molecule is CN(c1cccnc1)C1CCCCC1N. The Kier molecular flexibility index (Phi) is 3.21. The number of nitrogens with two attached hydrogens (primary N) is 1. The van der Waals surface area contributed by atoms with E-state index in [1.54, 1.807) is 6.20 Å². The van der Waals surface area contributed by atoms with Gasteiger partial charge in [0.1, 0.15) is 0 Å². The predicted octanol–water partition coefficient (Wildman–Crippen LogP) is 1.79. The molecule has 2 rings (SSSR count). The number of rotatable bonds is 2. The zero-order chi connectivity index (χ0) is 10.7. The van der Waals surface area contributed by atoms with Crippen molar-refractivity contribution in [2.45, 2.75) is 37.8 Å². The van der Waals surface area contributed by atoms with Crippen molar-refractivity contribution in [1.29, 1.82) is 0 Å². The Morgan fingerprint density at radius 3 is 2.87 bits per heavy atom. The molecule has 2 N–H and O–H groups in total. The van der Waals surface area contributed by atoms with Crippen molar-refractivity contribution < 1.29 is 0 Å². The fourth-order valence-corrected chi connectivity index (χ4v) is 2.37. The second-order valence-electron chi connectivity index (χ2n) is 4.34. The zero-order valence-corrected chi connectivity index (χ0v) is 9.26. The summed E-state index contributed by atoms with van der Waals surface area (Å²) in [5.41, 5.74) is 7.32. The summed E-state index contributed by atoms with van der Waals surface area (Å²) >= 11 is 0. The third-order valence-electron chi connectivity index (χ3n) is 3.33. The van der Waals surface area contributed by atoms with Crippen molar-refractivity contribution in [3.05, 3.63) is 24.5 Å². The van der Waals surface area contributed by atoms with Crippen LogP contribution in [0.15, 0.2) is 24.5 Å². The van der Waals surface area contributed by atoms with Gasteiger partial charge in [-0.05, 0) is 25.0 Å². The smallest absolute Gasteiger partial charge is 0.0553 e. The van der Waals surface area contributed by atoms with E-state index in [1.165, 1.54) is 24.9 Å². The Hall–Kier alpha value is -1.09. The molecule has 0 saturated heterocycles. The standard InChI is InChI=1S/C12H19N3/c1-15(10-5-4-8-14-9-10)12-7-3-2-6-11(12)13/h4-5,8-9,11-12H,2-3,6-7,13H2,1H3. The van der Waals surface area contributed by atoms with Crippen LogP contribution in [0.2, 0.25) is 0 Å².